The van der Waals surface area contributed by atoms with E-state index in [0.29, 0.717) is 5.41 Å². The summed E-state index contributed by atoms with van der Waals surface area (Å²) in [5, 5.41) is 0. The first-order chi connectivity index (χ1) is 6.77. The zero-order chi connectivity index (χ0) is 9.76. The zero-order valence-electron chi connectivity index (χ0n) is 8.41. The quantitative estimate of drug-likeness (QED) is 0.659. The first kappa shape index (κ1) is 8.96. The fourth-order valence-electron chi connectivity index (χ4n) is 3.64. The smallest absolute Gasteiger partial charge is 0.0147 e. The number of allylic oxidation sites excluding steroid dienone is 6. The summed E-state index contributed by atoms with van der Waals surface area (Å²) < 4.78 is 1.46. The predicted molar refractivity (Wildman–Crippen MR) is 63.1 cm³/mol. The lowest BCUT2D eigenvalue weighted by atomic mass is 9.71. The van der Waals surface area contributed by atoms with Gasteiger partial charge in [0, 0.05) is 5.41 Å². The van der Waals surface area contributed by atoms with Crippen molar-refractivity contribution in [2.24, 2.45) is 23.2 Å². The molecule has 0 aromatic heterocycles. The average molecular weight is 251 g/mol. The lowest BCUT2D eigenvalue weighted by molar-refractivity contribution is 0.314. The van der Waals surface area contributed by atoms with E-state index in [1.54, 1.807) is 0 Å². The number of halogens is 1. The highest BCUT2D eigenvalue weighted by atomic mass is 79.9. The Morgan fingerprint density at radius 3 is 3.14 bits per heavy atom. The van der Waals surface area contributed by atoms with Crippen LogP contribution in [0.3, 0.4) is 0 Å². The van der Waals surface area contributed by atoms with Crippen molar-refractivity contribution in [3.05, 3.63) is 34.9 Å². The van der Waals surface area contributed by atoms with Crippen molar-refractivity contribution in [3.63, 3.8) is 0 Å². The maximum Gasteiger partial charge on any atom is 0.0147 e. The van der Waals surface area contributed by atoms with Crippen LogP contribution in [0.5, 0.6) is 0 Å². The number of hydrogen-bond donors (Lipinski definition) is 0. The Balaban J connectivity index is 2.09. The van der Waals surface area contributed by atoms with Gasteiger partial charge in [0.1, 0.15) is 0 Å². The van der Waals surface area contributed by atoms with Crippen molar-refractivity contribution in [3.8, 4) is 0 Å². The van der Waals surface area contributed by atoms with Gasteiger partial charge in [-0.15, -0.1) is 0 Å². The van der Waals surface area contributed by atoms with E-state index in [9.17, 15) is 0 Å². The van der Waals surface area contributed by atoms with Crippen molar-refractivity contribution < 1.29 is 0 Å². The second-order valence-electron chi connectivity index (χ2n) is 4.79. The van der Waals surface area contributed by atoms with Crippen molar-refractivity contribution in [2.45, 2.75) is 19.8 Å². The zero-order valence-corrected chi connectivity index (χ0v) is 10.00. The Hall–Kier alpha value is -0.300. The molecular weight excluding hydrogens is 236 g/mol. The van der Waals surface area contributed by atoms with E-state index in [0.717, 1.165) is 17.8 Å². The summed E-state index contributed by atoms with van der Waals surface area (Å²) in [6.07, 6.45) is 14.4. The van der Waals surface area contributed by atoms with E-state index in [2.05, 4.69) is 53.2 Å². The summed E-state index contributed by atoms with van der Waals surface area (Å²) in [7, 11) is 0. The molecule has 0 aliphatic heterocycles. The third-order valence-corrected chi connectivity index (χ3v) is 5.06. The molecule has 1 heteroatoms. The van der Waals surface area contributed by atoms with Gasteiger partial charge in [0.15, 0.2) is 0 Å². The molecule has 14 heavy (non-hydrogen) atoms. The minimum Gasteiger partial charge on any atom is -0.0799 e. The van der Waals surface area contributed by atoms with Crippen molar-refractivity contribution in [1.29, 1.82) is 0 Å². The van der Waals surface area contributed by atoms with Crippen LogP contribution >= 0.6 is 15.9 Å². The van der Waals surface area contributed by atoms with Crippen LogP contribution in [0.2, 0.25) is 0 Å². The highest BCUT2D eigenvalue weighted by molar-refractivity contribution is 9.11. The van der Waals surface area contributed by atoms with Gasteiger partial charge in [0.05, 0.1) is 0 Å². The molecule has 4 unspecified atom stereocenters. The molecule has 0 heterocycles. The molecule has 1 saturated carbocycles. The first-order valence-electron chi connectivity index (χ1n) is 5.51. The van der Waals surface area contributed by atoms with Gasteiger partial charge in [0.2, 0.25) is 0 Å². The van der Waals surface area contributed by atoms with Gasteiger partial charge in [-0.25, -0.2) is 0 Å². The van der Waals surface area contributed by atoms with Gasteiger partial charge in [-0.3, -0.25) is 0 Å². The van der Waals surface area contributed by atoms with E-state index in [1.165, 1.54) is 17.3 Å². The van der Waals surface area contributed by atoms with Gasteiger partial charge in [0.25, 0.3) is 0 Å². The van der Waals surface area contributed by atoms with E-state index < -0.39 is 0 Å². The van der Waals surface area contributed by atoms with Crippen LogP contribution < -0.4 is 0 Å². The summed E-state index contributed by atoms with van der Waals surface area (Å²) in [6.45, 7) is 2.32. The summed E-state index contributed by atoms with van der Waals surface area (Å²) in [4.78, 5) is 0. The lowest BCUT2D eigenvalue weighted by Gasteiger charge is -2.34. The first-order valence-corrected chi connectivity index (χ1v) is 6.30. The summed E-state index contributed by atoms with van der Waals surface area (Å²) >= 11 is 3.74. The maximum absolute atomic E-state index is 3.74. The summed E-state index contributed by atoms with van der Waals surface area (Å²) in [6, 6.07) is 0. The van der Waals surface area contributed by atoms with Crippen LogP contribution in [0, 0.1) is 23.2 Å². The van der Waals surface area contributed by atoms with E-state index in [-0.39, 0.29) is 0 Å². The van der Waals surface area contributed by atoms with Crippen LogP contribution in [-0.2, 0) is 0 Å². The van der Waals surface area contributed by atoms with Crippen molar-refractivity contribution in [1.82, 2.24) is 0 Å². The van der Waals surface area contributed by atoms with Gasteiger partial charge >= 0.3 is 0 Å². The standard InChI is InChI=1S/C13H15Br/c1-2-9-10-7-13(8-12(10)14)6-4-3-5-11(9)13/h3-6,8-11H,2,7H2,1H3. The molecule has 1 spiro atoms. The molecule has 1 fully saturated rings. The minimum absolute atomic E-state index is 0.374. The van der Waals surface area contributed by atoms with Crippen molar-refractivity contribution >= 4 is 15.9 Å². The molecule has 0 aromatic carbocycles. The van der Waals surface area contributed by atoms with Gasteiger partial charge in [-0.2, -0.15) is 0 Å². The Morgan fingerprint density at radius 2 is 2.36 bits per heavy atom. The molecule has 0 aromatic rings. The fourth-order valence-corrected chi connectivity index (χ4v) is 4.57. The molecule has 3 aliphatic carbocycles. The molecule has 4 atom stereocenters. The largest absolute Gasteiger partial charge is 0.0799 e. The highest BCUT2D eigenvalue weighted by Crippen LogP contribution is 2.63. The highest BCUT2D eigenvalue weighted by Gasteiger charge is 2.54. The van der Waals surface area contributed by atoms with Gasteiger partial charge in [-0.1, -0.05) is 59.7 Å². The molecule has 0 amide bonds. The van der Waals surface area contributed by atoms with E-state index >= 15 is 0 Å². The second-order valence-corrected chi connectivity index (χ2v) is 5.71. The van der Waals surface area contributed by atoms with Crippen LogP contribution in [0.1, 0.15) is 19.8 Å². The monoisotopic (exact) mass is 250 g/mol. The topological polar surface area (TPSA) is 0 Å². The molecule has 0 nitrogen and oxygen atoms in total. The van der Waals surface area contributed by atoms with Crippen molar-refractivity contribution in [2.75, 3.05) is 0 Å². The molecule has 0 saturated heterocycles. The van der Waals surface area contributed by atoms with Gasteiger partial charge in [-0.05, 0) is 28.7 Å². The van der Waals surface area contributed by atoms with Gasteiger partial charge < -0.3 is 0 Å². The van der Waals surface area contributed by atoms with Crippen LogP contribution in [0.25, 0.3) is 0 Å². The fraction of sp³-hybridized carbons (Fsp3) is 0.538. The predicted octanol–water partition coefficient (Wildman–Crippen LogP) is 4.05. The Kier molecular flexibility index (Phi) is 1.82. The molecule has 0 N–H and O–H groups in total. The molecule has 3 aliphatic rings. The molecule has 0 radical (unpaired) electrons. The summed E-state index contributed by atoms with van der Waals surface area (Å²) in [5.74, 6) is 2.41. The molecule has 3 rings (SSSR count). The van der Waals surface area contributed by atoms with Crippen LogP contribution in [-0.4, -0.2) is 0 Å². The Morgan fingerprint density at radius 1 is 1.50 bits per heavy atom. The Bertz CT molecular complexity index is 350. The Labute approximate surface area is 93.9 Å². The molecule has 2 bridgehead atoms. The van der Waals surface area contributed by atoms with E-state index in [1.807, 2.05) is 0 Å². The second kappa shape index (κ2) is 2.85. The normalized spacial score (nSPS) is 48.1. The number of fused-ring (bicyclic) bond motifs is 1. The van der Waals surface area contributed by atoms with E-state index in [4.69, 9.17) is 0 Å². The SMILES string of the molecule is CCC1C2CC3(C=CC=CC13)C=C2Br. The maximum atomic E-state index is 3.74. The third kappa shape index (κ3) is 0.942. The average Bonchev–Trinajstić information content (AvgIpc) is 2.66. The minimum atomic E-state index is 0.374. The third-order valence-electron chi connectivity index (χ3n) is 4.24. The summed E-state index contributed by atoms with van der Waals surface area (Å²) in [5.41, 5.74) is 0.374. The number of hydrogen-bond acceptors (Lipinski definition) is 0. The number of rotatable bonds is 1. The molecule has 74 valence electrons. The lowest BCUT2D eigenvalue weighted by Crippen LogP contribution is -2.26. The van der Waals surface area contributed by atoms with Crippen LogP contribution in [0.15, 0.2) is 34.9 Å². The molecular formula is C13H15Br. The van der Waals surface area contributed by atoms with Crippen LogP contribution in [0.4, 0.5) is 0 Å².